The number of carbonyl (C=O) groups is 1. The minimum atomic E-state index is -0.427. The maximum atomic E-state index is 13.1. The number of ketones is 1. The predicted molar refractivity (Wildman–Crippen MR) is 88.5 cm³/mol. The van der Waals surface area contributed by atoms with E-state index in [2.05, 4.69) is 0 Å². The van der Waals surface area contributed by atoms with E-state index in [1.54, 1.807) is 18.2 Å². The third-order valence-corrected chi connectivity index (χ3v) is 3.10. The average Bonchev–Trinajstić information content (AvgIpc) is 2.55. The highest BCUT2D eigenvalue weighted by Gasteiger charge is 2.06. The Morgan fingerprint density at radius 1 is 1.04 bits per heavy atom. The molecule has 0 saturated heterocycles. The number of allylic oxidation sites excluding steroid dienone is 1. The van der Waals surface area contributed by atoms with Gasteiger partial charge < -0.3 is 9.47 Å². The van der Waals surface area contributed by atoms with Crippen LogP contribution in [-0.2, 0) is 0 Å². The Bertz CT molecular complexity index is 708. The predicted octanol–water partition coefficient (Wildman–Crippen LogP) is 4.52. The zero-order valence-corrected chi connectivity index (χ0v) is 13.2. The van der Waals surface area contributed by atoms with Gasteiger partial charge in [0.25, 0.3) is 0 Å². The van der Waals surface area contributed by atoms with Crippen molar-refractivity contribution in [3.8, 4) is 11.5 Å². The van der Waals surface area contributed by atoms with Crippen LogP contribution >= 0.6 is 0 Å². The van der Waals surface area contributed by atoms with E-state index in [-0.39, 0.29) is 5.78 Å². The van der Waals surface area contributed by atoms with Crippen LogP contribution in [0.2, 0.25) is 0 Å². The minimum Gasteiger partial charge on any atom is -0.490 e. The fraction of sp³-hybridized carbons (Fsp3) is 0.211. The van der Waals surface area contributed by atoms with Crippen molar-refractivity contribution in [2.45, 2.75) is 13.8 Å². The molecule has 120 valence electrons. The summed E-state index contributed by atoms with van der Waals surface area (Å²) in [6.07, 6.45) is 3.09. The van der Waals surface area contributed by atoms with Crippen molar-refractivity contribution in [1.82, 2.24) is 0 Å². The molecule has 0 unspecified atom stereocenters. The molecule has 2 aromatic carbocycles. The fourth-order valence-electron chi connectivity index (χ4n) is 2.08. The quantitative estimate of drug-likeness (QED) is 0.557. The molecule has 0 radical (unpaired) electrons. The third-order valence-electron chi connectivity index (χ3n) is 3.10. The van der Waals surface area contributed by atoms with Gasteiger partial charge in [-0.1, -0.05) is 24.3 Å². The van der Waals surface area contributed by atoms with Crippen molar-refractivity contribution in [2.75, 3.05) is 13.2 Å². The summed E-state index contributed by atoms with van der Waals surface area (Å²) in [6.45, 7) is 4.87. The van der Waals surface area contributed by atoms with Gasteiger partial charge in [-0.15, -0.1) is 0 Å². The second kappa shape index (κ2) is 8.13. The third kappa shape index (κ3) is 4.68. The molecule has 0 aliphatic heterocycles. The van der Waals surface area contributed by atoms with Crippen LogP contribution in [0.15, 0.2) is 48.5 Å². The van der Waals surface area contributed by atoms with E-state index in [0.717, 1.165) is 5.56 Å². The maximum absolute atomic E-state index is 13.1. The first kappa shape index (κ1) is 16.7. The largest absolute Gasteiger partial charge is 0.490 e. The minimum absolute atomic E-state index is 0.253. The second-order valence-electron chi connectivity index (χ2n) is 4.78. The highest BCUT2D eigenvalue weighted by atomic mass is 19.1. The molecule has 0 spiro atoms. The number of hydrogen-bond acceptors (Lipinski definition) is 3. The van der Waals surface area contributed by atoms with Crippen LogP contribution in [-0.4, -0.2) is 19.0 Å². The number of rotatable bonds is 7. The fourth-order valence-corrected chi connectivity index (χ4v) is 2.08. The first-order valence-corrected chi connectivity index (χ1v) is 7.51. The highest BCUT2D eigenvalue weighted by Crippen LogP contribution is 2.29. The normalized spacial score (nSPS) is 10.7. The van der Waals surface area contributed by atoms with Gasteiger partial charge in [-0.3, -0.25) is 4.79 Å². The van der Waals surface area contributed by atoms with Gasteiger partial charge in [-0.05, 0) is 49.8 Å². The molecule has 0 heterocycles. The van der Waals surface area contributed by atoms with Crippen molar-refractivity contribution in [1.29, 1.82) is 0 Å². The Morgan fingerprint density at radius 3 is 2.48 bits per heavy atom. The van der Waals surface area contributed by atoms with Crippen LogP contribution in [0, 0.1) is 5.82 Å². The Kier molecular flexibility index (Phi) is 5.92. The second-order valence-corrected chi connectivity index (χ2v) is 4.78. The zero-order valence-electron chi connectivity index (χ0n) is 13.2. The van der Waals surface area contributed by atoms with E-state index in [4.69, 9.17) is 9.47 Å². The van der Waals surface area contributed by atoms with Crippen LogP contribution in [0.5, 0.6) is 11.5 Å². The van der Waals surface area contributed by atoms with Crippen molar-refractivity contribution >= 4 is 11.9 Å². The summed E-state index contributed by atoms with van der Waals surface area (Å²) in [4.78, 5) is 12.0. The number of benzene rings is 2. The number of halogens is 1. The summed E-state index contributed by atoms with van der Waals surface area (Å²) >= 11 is 0. The molecule has 0 aliphatic carbocycles. The SMILES string of the molecule is CCOc1ccc(/C=C/C(=O)c2cccc(F)c2)cc1OCC. The van der Waals surface area contributed by atoms with Crippen molar-refractivity contribution in [2.24, 2.45) is 0 Å². The Morgan fingerprint density at radius 2 is 1.78 bits per heavy atom. The van der Waals surface area contributed by atoms with Gasteiger partial charge in [0.1, 0.15) is 5.82 Å². The first-order chi connectivity index (χ1) is 11.1. The molecule has 0 atom stereocenters. The molecule has 0 aromatic heterocycles. The Labute approximate surface area is 135 Å². The molecule has 2 aromatic rings. The highest BCUT2D eigenvalue weighted by molar-refractivity contribution is 6.06. The lowest BCUT2D eigenvalue weighted by atomic mass is 10.1. The standard InChI is InChI=1S/C19H19FO3/c1-3-22-18-11-9-14(12-19(18)23-4-2)8-10-17(21)15-6-5-7-16(20)13-15/h5-13H,3-4H2,1-2H3/b10-8+. The molecule has 4 heteroatoms. The summed E-state index contributed by atoms with van der Waals surface area (Å²) in [5.41, 5.74) is 1.12. The molecule has 0 saturated carbocycles. The van der Waals surface area contributed by atoms with Gasteiger partial charge in [0, 0.05) is 5.56 Å². The van der Waals surface area contributed by atoms with Gasteiger partial charge >= 0.3 is 0 Å². The van der Waals surface area contributed by atoms with Crippen molar-refractivity contribution in [3.63, 3.8) is 0 Å². The summed E-state index contributed by atoms with van der Waals surface area (Å²) in [7, 11) is 0. The lowest BCUT2D eigenvalue weighted by molar-refractivity contribution is 0.104. The summed E-state index contributed by atoms with van der Waals surface area (Å²) in [6, 6.07) is 11.1. The molecule has 23 heavy (non-hydrogen) atoms. The van der Waals surface area contributed by atoms with Crippen molar-refractivity contribution < 1.29 is 18.7 Å². The molecule has 0 N–H and O–H groups in total. The van der Waals surface area contributed by atoms with Gasteiger partial charge in [0.2, 0.25) is 0 Å². The van der Waals surface area contributed by atoms with E-state index in [1.807, 2.05) is 26.0 Å². The van der Waals surface area contributed by atoms with Crippen LogP contribution in [0.25, 0.3) is 6.08 Å². The molecular formula is C19H19FO3. The molecule has 0 bridgehead atoms. The van der Waals surface area contributed by atoms with E-state index in [9.17, 15) is 9.18 Å². The lowest BCUT2D eigenvalue weighted by Crippen LogP contribution is -1.98. The molecule has 2 rings (SSSR count). The van der Waals surface area contributed by atoms with Gasteiger partial charge in [-0.25, -0.2) is 4.39 Å². The molecule has 0 fully saturated rings. The van der Waals surface area contributed by atoms with E-state index >= 15 is 0 Å². The van der Waals surface area contributed by atoms with Crippen LogP contribution < -0.4 is 9.47 Å². The van der Waals surface area contributed by atoms with Gasteiger partial charge in [-0.2, -0.15) is 0 Å². The smallest absolute Gasteiger partial charge is 0.185 e. The maximum Gasteiger partial charge on any atom is 0.185 e. The number of carbonyl (C=O) groups excluding carboxylic acids is 1. The molecule has 0 amide bonds. The van der Waals surface area contributed by atoms with Crippen LogP contribution in [0.3, 0.4) is 0 Å². The molecule has 3 nitrogen and oxygen atoms in total. The summed E-state index contributed by atoms with van der Waals surface area (Å²) < 4.78 is 24.2. The van der Waals surface area contributed by atoms with E-state index in [1.165, 1.54) is 24.3 Å². The lowest BCUT2D eigenvalue weighted by Gasteiger charge is -2.11. The topological polar surface area (TPSA) is 35.5 Å². The molecule has 0 aliphatic rings. The number of hydrogen-bond donors (Lipinski definition) is 0. The Hall–Kier alpha value is -2.62. The van der Waals surface area contributed by atoms with E-state index < -0.39 is 5.82 Å². The van der Waals surface area contributed by atoms with Crippen LogP contribution in [0.4, 0.5) is 4.39 Å². The summed E-state index contributed by atoms with van der Waals surface area (Å²) in [5.74, 6) is 0.623. The molecular weight excluding hydrogens is 295 g/mol. The average molecular weight is 314 g/mol. The van der Waals surface area contributed by atoms with E-state index in [0.29, 0.717) is 30.3 Å². The monoisotopic (exact) mass is 314 g/mol. The Balaban J connectivity index is 2.18. The van der Waals surface area contributed by atoms with Crippen molar-refractivity contribution in [3.05, 3.63) is 65.5 Å². The van der Waals surface area contributed by atoms with Gasteiger partial charge in [0.05, 0.1) is 13.2 Å². The van der Waals surface area contributed by atoms with Gasteiger partial charge in [0.15, 0.2) is 17.3 Å². The number of ether oxygens (including phenoxy) is 2. The zero-order chi connectivity index (χ0) is 16.7. The summed E-state index contributed by atoms with van der Waals surface area (Å²) in [5, 5.41) is 0. The van der Waals surface area contributed by atoms with Crippen LogP contribution in [0.1, 0.15) is 29.8 Å². The first-order valence-electron chi connectivity index (χ1n) is 7.51.